The Labute approximate surface area is 401 Å². The summed E-state index contributed by atoms with van der Waals surface area (Å²) in [5.41, 5.74) is 11.8. The van der Waals surface area contributed by atoms with Crippen LogP contribution in [0.15, 0.2) is 158 Å². The van der Waals surface area contributed by atoms with Crippen LogP contribution >= 0.6 is 0 Å². The van der Waals surface area contributed by atoms with Crippen LogP contribution in [0.4, 0.5) is 11.4 Å². The Bertz CT molecular complexity index is 3030. The van der Waals surface area contributed by atoms with Gasteiger partial charge in [0.05, 0.1) is 0 Å². The number of nitrogens with zero attached hydrogens (tertiary/aromatic N) is 4. The average molecular weight is 1040 g/mol. The Morgan fingerprint density at radius 3 is 1.95 bits per heavy atom. The van der Waals surface area contributed by atoms with E-state index in [4.69, 9.17) is 9.72 Å². The Morgan fingerprint density at radius 1 is 0.569 bits per heavy atom. The Balaban J connectivity index is 0.00000576. The van der Waals surface area contributed by atoms with E-state index in [2.05, 4.69) is 249 Å². The van der Waals surface area contributed by atoms with E-state index in [0.29, 0.717) is 11.5 Å². The third-order valence-corrected chi connectivity index (χ3v) is 12.6. The number of rotatable bonds is 8. The van der Waals surface area contributed by atoms with Crippen molar-refractivity contribution >= 4 is 33.2 Å². The first-order valence-electron chi connectivity index (χ1n) is 22.4. The second-order valence-corrected chi connectivity index (χ2v) is 20.8. The molecule has 0 saturated heterocycles. The summed E-state index contributed by atoms with van der Waals surface area (Å²) in [4.78, 5) is 9.45. The SMILES string of the molecule is CC(C)(C)C1=CN(c2cc(-c3ccccc3)cc(C(C)(C)c3ccccc3)c2)[CH-]N1c1[c-]c(Oc2[c-]c3c(c(C(C)(C)C)c2)c2ccccc2n3-c2cc(C(C)(C)C)ccn2)ccc1.[Pt]. The summed E-state index contributed by atoms with van der Waals surface area (Å²) in [6, 6.07) is 57.1. The summed E-state index contributed by atoms with van der Waals surface area (Å²) in [5, 5.41) is 2.33. The van der Waals surface area contributed by atoms with E-state index in [0.717, 1.165) is 39.3 Å². The molecule has 0 aliphatic carbocycles. The van der Waals surface area contributed by atoms with Crippen LogP contribution in [0.5, 0.6) is 11.5 Å². The summed E-state index contributed by atoms with van der Waals surface area (Å²) < 4.78 is 9.11. The molecule has 0 radical (unpaired) electrons. The topological polar surface area (TPSA) is 33.5 Å². The van der Waals surface area contributed by atoms with Crippen molar-refractivity contribution in [1.29, 1.82) is 0 Å². The number of hydrogen-bond acceptors (Lipinski definition) is 4. The van der Waals surface area contributed by atoms with Gasteiger partial charge in [-0.3, -0.25) is 0 Å². The van der Waals surface area contributed by atoms with Crippen molar-refractivity contribution in [2.45, 2.75) is 92.4 Å². The van der Waals surface area contributed by atoms with Gasteiger partial charge in [0.2, 0.25) is 0 Å². The van der Waals surface area contributed by atoms with Gasteiger partial charge < -0.3 is 19.1 Å². The van der Waals surface area contributed by atoms with Crippen LogP contribution in [0, 0.1) is 24.2 Å². The molecule has 1 aliphatic rings. The number of benzene rings is 6. The van der Waals surface area contributed by atoms with Crippen LogP contribution < -0.4 is 14.5 Å². The van der Waals surface area contributed by atoms with Crippen molar-refractivity contribution in [2.75, 3.05) is 9.80 Å². The molecule has 0 atom stereocenters. The van der Waals surface area contributed by atoms with E-state index >= 15 is 0 Å². The second kappa shape index (κ2) is 17.1. The normalized spacial score (nSPS) is 13.6. The van der Waals surface area contributed by atoms with Crippen LogP contribution in [-0.4, -0.2) is 9.55 Å². The fourth-order valence-electron chi connectivity index (χ4n) is 8.88. The van der Waals surface area contributed by atoms with Crippen LogP contribution in [0.1, 0.15) is 98.4 Å². The molecule has 0 unspecified atom stereocenters. The quantitative estimate of drug-likeness (QED) is 0.142. The van der Waals surface area contributed by atoms with E-state index in [1.165, 1.54) is 38.8 Å². The van der Waals surface area contributed by atoms with Crippen LogP contribution in [-0.2, 0) is 37.3 Å². The Kier molecular flexibility index (Phi) is 12.0. The van der Waals surface area contributed by atoms with Gasteiger partial charge in [0.15, 0.2) is 0 Å². The van der Waals surface area contributed by atoms with Crippen molar-refractivity contribution in [2.24, 2.45) is 5.41 Å². The molecule has 9 rings (SSSR count). The summed E-state index contributed by atoms with van der Waals surface area (Å²) in [5.74, 6) is 2.11. The minimum atomic E-state index is -0.232. The summed E-state index contributed by atoms with van der Waals surface area (Å²) >= 11 is 0. The number of anilines is 2. The molecular weight excluding hydrogens is 976 g/mol. The minimum Gasteiger partial charge on any atom is -0.509 e. The molecule has 6 heteroatoms. The number of ether oxygens (including phenoxy) is 1. The van der Waals surface area contributed by atoms with Gasteiger partial charge in [-0.2, -0.15) is 6.07 Å². The smallest absolute Gasteiger partial charge is 0.135 e. The number of hydrogen-bond donors (Lipinski definition) is 0. The largest absolute Gasteiger partial charge is 0.509 e. The predicted molar refractivity (Wildman–Crippen MR) is 267 cm³/mol. The van der Waals surface area contributed by atoms with E-state index in [1.54, 1.807) is 0 Å². The van der Waals surface area contributed by atoms with Crippen molar-refractivity contribution in [3.8, 4) is 28.4 Å². The Morgan fingerprint density at radius 2 is 1.26 bits per heavy atom. The molecule has 3 heterocycles. The van der Waals surface area contributed by atoms with E-state index in [9.17, 15) is 0 Å². The molecule has 65 heavy (non-hydrogen) atoms. The number of para-hydroxylation sites is 1. The van der Waals surface area contributed by atoms with Gasteiger partial charge in [-0.1, -0.05) is 172 Å². The van der Waals surface area contributed by atoms with E-state index in [-0.39, 0.29) is 42.7 Å². The van der Waals surface area contributed by atoms with E-state index in [1.807, 2.05) is 12.3 Å². The Hall–Kier alpha value is -5.90. The van der Waals surface area contributed by atoms with Gasteiger partial charge in [0.25, 0.3) is 0 Å². The first-order chi connectivity index (χ1) is 30.4. The predicted octanol–water partition coefficient (Wildman–Crippen LogP) is 15.5. The summed E-state index contributed by atoms with van der Waals surface area (Å²) in [6.45, 7) is 27.1. The van der Waals surface area contributed by atoms with Crippen molar-refractivity contribution in [3.05, 3.63) is 199 Å². The number of fused-ring (bicyclic) bond motifs is 3. The number of allylic oxidation sites excluding steroid dienone is 1. The monoisotopic (exact) mass is 1030 g/mol. The molecule has 0 amide bonds. The molecule has 1 aliphatic heterocycles. The number of aromatic nitrogens is 2. The van der Waals surface area contributed by atoms with Crippen LogP contribution in [0.2, 0.25) is 0 Å². The molecule has 5 nitrogen and oxygen atoms in total. The summed E-state index contributed by atoms with van der Waals surface area (Å²) in [6.07, 6.45) is 4.19. The zero-order chi connectivity index (χ0) is 45.2. The van der Waals surface area contributed by atoms with Crippen molar-refractivity contribution in [3.63, 3.8) is 0 Å². The van der Waals surface area contributed by atoms with Gasteiger partial charge in [-0.25, -0.2) is 4.98 Å². The molecule has 334 valence electrons. The zero-order valence-electron chi connectivity index (χ0n) is 39.5. The molecule has 0 bridgehead atoms. The third kappa shape index (κ3) is 8.93. The molecule has 6 aromatic carbocycles. The molecule has 0 N–H and O–H groups in total. The maximum atomic E-state index is 6.86. The minimum absolute atomic E-state index is 0. The van der Waals surface area contributed by atoms with Gasteiger partial charge >= 0.3 is 0 Å². The third-order valence-electron chi connectivity index (χ3n) is 12.6. The molecule has 0 saturated carbocycles. The fourth-order valence-corrected chi connectivity index (χ4v) is 8.88. The summed E-state index contributed by atoms with van der Waals surface area (Å²) in [7, 11) is 0. The average Bonchev–Trinajstić information content (AvgIpc) is 3.87. The van der Waals surface area contributed by atoms with E-state index < -0.39 is 0 Å². The van der Waals surface area contributed by atoms with Gasteiger partial charge in [-0.15, -0.1) is 48.3 Å². The van der Waals surface area contributed by atoms with Crippen molar-refractivity contribution < 1.29 is 25.8 Å². The number of pyridine rings is 1. The maximum Gasteiger partial charge on any atom is 0.135 e. The maximum absolute atomic E-state index is 6.86. The van der Waals surface area contributed by atoms with Crippen LogP contribution in [0.25, 0.3) is 38.8 Å². The molecule has 0 fully saturated rings. The second-order valence-electron chi connectivity index (χ2n) is 20.8. The standard InChI is InChI=1S/C59H59N4O.Pt/c1-56(2,3)43-29-30-60-54(34-43)63-51-28-19-18-27-49(51)55-50(57(4,5)6)36-48(37-52(55)63)64-47-26-20-25-45(35-47)62-39-61(38-53(62)58(7,8)9)46-32-41(40-21-14-12-15-22-40)31-44(33-46)59(10,11)42-23-16-13-17-24-42;/h12-34,36,38-39H,1-11H3;/q-3;. The van der Waals surface area contributed by atoms with Gasteiger partial charge in [0, 0.05) is 66.5 Å². The van der Waals surface area contributed by atoms with Crippen molar-refractivity contribution in [1.82, 2.24) is 9.55 Å². The van der Waals surface area contributed by atoms with Gasteiger partial charge in [-0.05, 0) is 80.6 Å². The zero-order valence-corrected chi connectivity index (χ0v) is 41.8. The first-order valence-corrected chi connectivity index (χ1v) is 22.4. The van der Waals surface area contributed by atoms with Gasteiger partial charge in [0.1, 0.15) is 5.82 Å². The molecular formula is C59H59N4OPt-3. The molecule has 8 aromatic rings. The molecule has 2 aromatic heterocycles. The molecule has 0 spiro atoms. The van der Waals surface area contributed by atoms with Crippen LogP contribution in [0.3, 0.4) is 0 Å². The fraction of sp³-hybridized carbons (Fsp3) is 0.254. The first kappa shape index (κ1) is 45.7.